The quantitative estimate of drug-likeness (QED) is 0.842. The Labute approximate surface area is 141 Å². The standard InChI is InChI=1S/C18H20ClNO3/c1-22-15-9-6-13(7-10-15)12-20-17(21)11-8-14-4-3-5-16(23-2)18(14)19/h3-7,9-10H,8,11-12H2,1-2H3,(H,20,21). The van der Waals surface area contributed by atoms with Gasteiger partial charge in [-0.2, -0.15) is 0 Å². The van der Waals surface area contributed by atoms with E-state index < -0.39 is 0 Å². The van der Waals surface area contributed by atoms with Gasteiger partial charge >= 0.3 is 0 Å². The van der Waals surface area contributed by atoms with Crippen LogP contribution in [0, 0.1) is 0 Å². The molecule has 0 bridgehead atoms. The molecule has 23 heavy (non-hydrogen) atoms. The van der Waals surface area contributed by atoms with Gasteiger partial charge in [-0.3, -0.25) is 4.79 Å². The molecule has 0 aliphatic heterocycles. The van der Waals surface area contributed by atoms with Crippen LogP contribution in [-0.4, -0.2) is 20.1 Å². The van der Waals surface area contributed by atoms with E-state index in [2.05, 4.69) is 5.32 Å². The molecule has 0 atom stereocenters. The number of hydrogen-bond donors (Lipinski definition) is 1. The van der Waals surface area contributed by atoms with Gasteiger partial charge in [-0.15, -0.1) is 0 Å². The molecule has 0 saturated heterocycles. The van der Waals surface area contributed by atoms with E-state index in [0.717, 1.165) is 16.9 Å². The molecule has 2 rings (SSSR count). The Morgan fingerprint density at radius 1 is 1.09 bits per heavy atom. The fourth-order valence-electron chi connectivity index (χ4n) is 2.19. The summed E-state index contributed by atoms with van der Waals surface area (Å²) in [5.41, 5.74) is 1.93. The zero-order valence-corrected chi connectivity index (χ0v) is 14.0. The van der Waals surface area contributed by atoms with Crippen LogP contribution < -0.4 is 14.8 Å². The minimum atomic E-state index is -0.0142. The van der Waals surface area contributed by atoms with E-state index in [1.807, 2.05) is 36.4 Å². The number of benzene rings is 2. The predicted molar refractivity (Wildman–Crippen MR) is 91.2 cm³/mol. The summed E-state index contributed by atoms with van der Waals surface area (Å²) < 4.78 is 10.3. The van der Waals surface area contributed by atoms with Crippen molar-refractivity contribution >= 4 is 17.5 Å². The van der Waals surface area contributed by atoms with Crippen molar-refractivity contribution in [3.63, 3.8) is 0 Å². The van der Waals surface area contributed by atoms with Crippen LogP contribution in [0.1, 0.15) is 17.5 Å². The molecule has 0 aliphatic carbocycles. The summed E-state index contributed by atoms with van der Waals surface area (Å²) in [6, 6.07) is 13.2. The summed E-state index contributed by atoms with van der Waals surface area (Å²) in [5.74, 6) is 1.41. The smallest absolute Gasteiger partial charge is 0.220 e. The Balaban J connectivity index is 1.83. The first-order chi connectivity index (χ1) is 11.1. The van der Waals surface area contributed by atoms with Crippen LogP contribution in [0.3, 0.4) is 0 Å². The van der Waals surface area contributed by atoms with Crippen molar-refractivity contribution in [2.24, 2.45) is 0 Å². The molecule has 0 spiro atoms. The molecule has 1 amide bonds. The Morgan fingerprint density at radius 2 is 1.83 bits per heavy atom. The van der Waals surface area contributed by atoms with E-state index in [9.17, 15) is 4.79 Å². The highest BCUT2D eigenvalue weighted by Gasteiger charge is 2.08. The third-order valence-electron chi connectivity index (χ3n) is 3.53. The van der Waals surface area contributed by atoms with Gasteiger partial charge in [-0.05, 0) is 35.7 Å². The highest BCUT2D eigenvalue weighted by Crippen LogP contribution is 2.28. The fraction of sp³-hybridized carbons (Fsp3) is 0.278. The van der Waals surface area contributed by atoms with Gasteiger partial charge in [0.1, 0.15) is 11.5 Å². The average molecular weight is 334 g/mol. The van der Waals surface area contributed by atoms with Crippen LogP contribution in [0.4, 0.5) is 0 Å². The first-order valence-corrected chi connectivity index (χ1v) is 7.73. The number of carbonyl (C=O) groups excluding carboxylic acids is 1. The number of carbonyl (C=O) groups is 1. The van der Waals surface area contributed by atoms with Crippen LogP contribution in [0.25, 0.3) is 0 Å². The summed E-state index contributed by atoms with van der Waals surface area (Å²) >= 11 is 6.23. The van der Waals surface area contributed by atoms with E-state index >= 15 is 0 Å². The zero-order valence-electron chi connectivity index (χ0n) is 13.3. The SMILES string of the molecule is COc1ccc(CNC(=O)CCc2cccc(OC)c2Cl)cc1. The second-order valence-corrected chi connectivity index (χ2v) is 5.44. The topological polar surface area (TPSA) is 47.6 Å². The van der Waals surface area contributed by atoms with E-state index in [-0.39, 0.29) is 5.91 Å². The number of halogens is 1. The average Bonchev–Trinajstić information content (AvgIpc) is 2.59. The summed E-state index contributed by atoms with van der Waals surface area (Å²) in [6.07, 6.45) is 0.952. The van der Waals surface area contributed by atoms with Gasteiger partial charge in [0.15, 0.2) is 0 Å². The number of methoxy groups -OCH3 is 2. The molecule has 5 heteroatoms. The van der Waals surface area contributed by atoms with Gasteiger partial charge < -0.3 is 14.8 Å². The van der Waals surface area contributed by atoms with Crippen LogP contribution >= 0.6 is 11.6 Å². The number of aryl methyl sites for hydroxylation is 1. The van der Waals surface area contributed by atoms with Gasteiger partial charge in [-0.25, -0.2) is 0 Å². The molecule has 2 aromatic carbocycles. The van der Waals surface area contributed by atoms with Crippen molar-refractivity contribution < 1.29 is 14.3 Å². The molecule has 4 nitrogen and oxygen atoms in total. The second kappa shape index (κ2) is 8.44. The molecule has 0 saturated carbocycles. The monoisotopic (exact) mass is 333 g/mol. The van der Waals surface area contributed by atoms with Gasteiger partial charge in [0.2, 0.25) is 5.91 Å². The van der Waals surface area contributed by atoms with Crippen molar-refractivity contribution in [2.75, 3.05) is 14.2 Å². The number of rotatable bonds is 7. The molecular formula is C18H20ClNO3. The molecule has 0 aliphatic rings. The largest absolute Gasteiger partial charge is 0.497 e. The van der Waals surface area contributed by atoms with Gasteiger partial charge in [-0.1, -0.05) is 35.9 Å². The third-order valence-corrected chi connectivity index (χ3v) is 3.96. The van der Waals surface area contributed by atoms with E-state index in [1.165, 1.54) is 0 Å². The third kappa shape index (κ3) is 4.89. The van der Waals surface area contributed by atoms with E-state index in [1.54, 1.807) is 20.3 Å². The Morgan fingerprint density at radius 3 is 2.48 bits per heavy atom. The van der Waals surface area contributed by atoms with Crippen LogP contribution in [0.15, 0.2) is 42.5 Å². The second-order valence-electron chi connectivity index (χ2n) is 5.06. The lowest BCUT2D eigenvalue weighted by Gasteiger charge is -2.09. The summed E-state index contributed by atoms with van der Waals surface area (Å²) in [7, 11) is 3.20. The van der Waals surface area contributed by atoms with Gasteiger partial charge in [0, 0.05) is 13.0 Å². The predicted octanol–water partition coefficient (Wildman–Crippen LogP) is 3.61. The summed E-state index contributed by atoms with van der Waals surface area (Å²) in [5, 5.41) is 3.47. The number of ether oxygens (including phenoxy) is 2. The first kappa shape index (κ1) is 17.2. The van der Waals surface area contributed by atoms with E-state index in [0.29, 0.717) is 30.2 Å². The fourth-order valence-corrected chi connectivity index (χ4v) is 2.49. The molecule has 2 aromatic rings. The highest BCUT2D eigenvalue weighted by molar-refractivity contribution is 6.32. The van der Waals surface area contributed by atoms with Gasteiger partial charge in [0.05, 0.1) is 19.2 Å². The molecule has 0 aromatic heterocycles. The van der Waals surface area contributed by atoms with Gasteiger partial charge in [0.25, 0.3) is 0 Å². The maximum absolute atomic E-state index is 12.0. The number of amides is 1. The number of nitrogens with one attached hydrogen (secondary N) is 1. The minimum absolute atomic E-state index is 0.0142. The highest BCUT2D eigenvalue weighted by atomic mass is 35.5. The van der Waals surface area contributed by atoms with Crippen LogP contribution in [-0.2, 0) is 17.8 Å². The molecule has 0 radical (unpaired) electrons. The van der Waals surface area contributed by atoms with Crippen LogP contribution in [0.5, 0.6) is 11.5 Å². The maximum Gasteiger partial charge on any atom is 0.220 e. The molecule has 0 heterocycles. The molecule has 122 valence electrons. The lowest BCUT2D eigenvalue weighted by atomic mass is 10.1. The first-order valence-electron chi connectivity index (χ1n) is 7.35. The van der Waals surface area contributed by atoms with Crippen molar-refractivity contribution in [3.05, 3.63) is 58.6 Å². The molecule has 0 unspecified atom stereocenters. The molecule has 1 N–H and O–H groups in total. The maximum atomic E-state index is 12.0. The Hall–Kier alpha value is -2.20. The summed E-state index contributed by atoms with van der Waals surface area (Å²) in [4.78, 5) is 12.0. The van der Waals surface area contributed by atoms with Crippen LogP contribution in [0.2, 0.25) is 5.02 Å². The van der Waals surface area contributed by atoms with Crippen molar-refractivity contribution in [3.8, 4) is 11.5 Å². The molecule has 0 fully saturated rings. The number of hydrogen-bond acceptors (Lipinski definition) is 3. The van der Waals surface area contributed by atoms with Crippen molar-refractivity contribution in [1.82, 2.24) is 5.32 Å². The lowest BCUT2D eigenvalue weighted by molar-refractivity contribution is -0.121. The zero-order chi connectivity index (χ0) is 16.7. The minimum Gasteiger partial charge on any atom is -0.497 e. The lowest BCUT2D eigenvalue weighted by Crippen LogP contribution is -2.23. The van der Waals surface area contributed by atoms with E-state index in [4.69, 9.17) is 21.1 Å². The normalized spacial score (nSPS) is 10.2. The Kier molecular flexibility index (Phi) is 6.29. The Bertz CT molecular complexity index is 656. The van der Waals surface area contributed by atoms with Crippen molar-refractivity contribution in [1.29, 1.82) is 0 Å². The molecular weight excluding hydrogens is 314 g/mol. The summed E-state index contributed by atoms with van der Waals surface area (Å²) in [6.45, 7) is 0.495. The van der Waals surface area contributed by atoms with Crippen molar-refractivity contribution in [2.45, 2.75) is 19.4 Å².